The summed E-state index contributed by atoms with van der Waals surface area (Å²) < 4.78 is 0. The van der Waals surface area contributed by atoms with E-state index in [1.807, 2.05) is 0 Å². The standard InChI is InChI=1S/C64H46N2/c1-65(52-41-42-60-58(44-52)57-30-12-15-31-59(57)64(60,50-23-4-2-5-24-50)51-25-6-3-7-26-51)61-32-16-13-27-54(61)47-35-37-48(38-36-47)56-29-14-17-33-62(56)66(53-40-39-45-19-8-9-21-49(45)43-53)63-34-18-22-46-20-10-11-28-55(46)63/h2-44H,1H3. The first-order valence-electron chi connectivity index (χ1n) is 22.8. The molecule has 2 heteroatoms. The predicted octanol–water partition coefficient (Wildman–Crippen LogP) is 16.9. The van der Waals surface area contributed by atoms with E-state index in [1.54, 1.807) is 0 Å². The zero-order chi connectivity index (χ0) is 44.0. The average molecular weight is 843 g/mol. The average Bonchev–Trinajstić information content (AvgIpc) is 3.70. The molecule has 0 N–H and O–H groups in total. The summed E-state index contributed by atoms with van der Waals surface area (Å²) in [6.07, 6.45) is 0. The molecule has 0 aliphatic heterocycles. The van der Waals surface area contributed by atoms with Gasteiger partial charge in [0.25, 0.3) is 0 Å². The lowest BCUT2D eigenvalue weighted by atomic mass is 9.68. The molecule has 0 atom stereocenters. The van der Waals surface area contributed by atoms with E-state index in [2.05, 4.69) is 278 Å². The fraction of sp³-hybridized carbons (Fsp3) is 0.0312. The summed E-state index contributed by atoms with van der Waals surface area (Å²) in [6, 6.07) is 95.5. The third-order valence-corrected chi connectivity index (χ3v) is 13.7. The fourth-order valence-electron chi connectivity index (χ4n) is 10.7. The first-order valence-corrected chi connectivity index (χ1v) is 22.8. The number of nitrogens with zero attached hydrogens (tertiary/aromatic N) is 2. The lowest BCUT2D eigenvalue weighted by Gasteiger charge is -2.34. The summed E-state index contributed by atoms with van der Waals surface area (Å²) in [4.78, 5) is 4.78. The molecular weight excluding hydrogens is 797 g/mol. The van der Waals surface area contributed by atoms with Gasteiger partial charge >= 0.3 is 0 Å². The maximum atomic E-state index is 2.43. The van der Waals surface area contributed by atoms with E-state index >= 15 is 0 Å². The molecule has 66 heavy (non-hydrogen) atoms. The van der Waals surface area contributed by atoms with Gasteiger partial charge in [0, 0.05) is 40.6 Å². The second kappa shape index (κ2) is 16.3. The Hall–Kier alpha value is -8.46. The molecule has 0 saturated heterocycles. The molecule has 312 valence electrons. The Kier molecular flexibility index (Phi) is 9.65. The van der Waals surface area contributed by atoms with E-state index in [9.17, 15) is 0 Å². The lowest BCUT2D eigenvalue weighted by molar-refractivity contribution is 0.768. The van der Waals surface area contributed by atoms with Gasteiger partial charge in [0.15, 0.2) is 0 Å². The number of fused-ring (bicyclic) bond motifs is 5. The molecule has 0 fully saturated rings. The van der Waals surface area contributed by atoms with Gasteiger partial charge in [-0.2, -0.15) is 0 Å². The third-order valence-electron chi connectivity index (χ3n) is 13.7. The van der Waals surface area contributed by atoms with Crippen molar-refractivity contribution in [3.63, 3.8) is 0 Å². The molecule has 0 amide bonds. The van der Waals surface area contributed by atoms with Crippen LogP contribution in [0.1, 0.15) is 22.3 Å². The maximum Gasteiger partial charge on any atom is 0.0713 e. The number of hydrogen-bond acceptors (Lipinski definition) is 2. The van der Waals surface area contributed by atoms with Crippen LogP contribution in [-0.2, 0) is 5.41 Å². The summed E-state index contributed by atoms with van der Waals surface area (Å²) in [5, 5.41) is 4.85. The topological polar surface area (TPSA) is 6.48 Å². The molecule has 0 saturated carbocycles. The van der Waals surface area contributed by atoms with Crippen molar-refractivity contribution in [2.45, 2.75) is 5.41 Å². The van der Waals surface area contributed by atoms with E-state index in [4.69, 9.17) is 0 Å². The summed E-state index contributed by atoms with van der Waals surface area (Å²) >= 11 is 0. The number of hydrogen-bond donors (Lipinski definition) is 0. The van der Waals surface area contributed by atoms with Crippen LogP contribution in [0.25, 0.3) is 54.9 Å². The lowest BCUT2D eigenvalue weighted by Crippen LogP contribution is -2.28. The molecule has 1 aliphatic carbocycles. The van der Waals surface area contributed by atoms with Crippen molar-refractivity contribution in [3.8, 4) is 33.4 Å². The first-order chi connectivity index (χ1) is 32.7. The highest BCUT2D eigenvalue weighted by Crippen LogP contribution is 2.57. The van der Waals surface area contributed by atoms with Crippen LogP contribution in [0.4, 0.5) is 28.4 Å². The second-order valence-corrected chi connectivity index (χ2v) is 17.3. The van der Waals surface area contributed by atoms with Crippen LogP contribution in [-0.4, -0.2) is 7.05 Å². The van der Waals surface area contributed by atoms with E-state index in [0.29, 0.717) is 0 Å². The van der Waals surface area contributed by atoms with Gasteiger partial charge in [0.2, 0.25) is 0 Å². The monoisotopic (exact) mass is 842 g/mol. The van der Waals surface area contributed by atoms with Crippen molar-refractivity contribution < 1.29 is 0 Å². The minimum absolute atomic E-state index is 0.425. The van der Waals surface area contributed by atoms with Crippen LogP contribution in [0.3, 0.4) is 0 Å². The van der Waals surface area contributed by atoms with Crippen LogP contribution in [0.15, 0.2) is 261 Å². The number of rotatable bonds is 9. The molecule has 0 heterocycles. The van der Waals surface area contributed by atoms with E-state index in [1.165, 1.54) is 60.5 Å². The van der Waals surface area contributed by atoms with Gasteiger partial charge in [-0.15, -0.1) is 0 Å². The van der Waals surface area contributed by atoms with E-state index in [-0.39, 0.29) is 0 Å². The third kappa shape index (κ3) is 6.41. The number of benzene rings is 11. The van der Waals surface area contributed by atoms with Gasteiger partial charge in [-0.25, -0.2) is 0 Å². The highest BCUT2D eigenvalue weighted by molar-refractivity contribution is 6.02. The second-order valence-electron chi connectivity index (χ2n) is 17.3. The molecule has 0 aromatic heterocycles. The van der Waals surface area contributed by atoms with E-state index < -0.39 is 5.41 Å². The Balaban J connectivity index is 0.930. The zero-order valence-electron chi connectivity index (χ0n) is 36.7. The SMILES string of the molecule is CN(c1ccc2c(c1)-c1ccccc1C2(c1ccccc1)c1ccccc1)c1ccccc1-c1ccc(-c2ccccc2N(c2ccc3ccccc3c2)c2cccc3ccccc23)cc1. The van der Waals surface area contributed by atoms with Crippen molar-refractivity contribution in [1.82, 2.24) is 0 Å². The highest BCUT2D eigenvalue weighted by atomic mass is 15.1. The van der Waals surface area contributed by atoms with Crippen LogP contribution < -0.4 is 9.80 Å². The Bertz CT molecular complexity index is 3510. The van der Waals surface area contributed by atoms with Crippen molar-refractivity contribution in [3.05, 3.63) is 283 Å². The van der Waals surface area contributed by atoms with Crippen molar-refractivity contribution >= 4 is 50.0 Å². The van der Waals surface area contributed by atoms with Crippen molar-refractivity contribution in [2.75, 3.05) is 16.8 Å². The summed E-state index contributed by atoms with van der Waals surface area (Å²) in [5.74, 6) is 0. The maximum absolute atomic E-state index is 2.43. The summed E-state index contributed by atoms with van der Waals surface area (Å²) in [6.45, 7) is 0. The van der Waals surface area contributed by atoms with Gasteiger partial charge in [-0.05, 0) is 103 Å². The Morgan fingerprint density at radius 3 is 1.52 bits per heavy atom. The Morgan fingerprint density at radius 2 is 0.803 bits per heavy atom. The van der Waals surface area contributed by atoms with Gasteiger partial charge < -0.3 is 9.80 Å². The fourth-order valence-corrected chi connectivity index (χ4v) is 10.7. The first kappa shape index (κ1) is 39.2. The number of para-hydroxylation sites is 2. The van der Waals surface area contributed by atoms with Crippen molar-refractivity contribution in [1.29, 1.82) is 0 Å². The number of anilines is 5. The van der Waals surface area contributed by atoms with Crippen LogP contribution >= 0.6 is 0 Å². The molecule has 1 aliphatic rings. The smallest absolute Gasteiger partial charge is 0.0713 e. The molecule has 11 aromatic carbocycles. The molecule has 11 aromatic rings. The quantitative estimate of drug-likeness (QED) is 0.143. The molecule has 0 spiro atoms. The Labute approximate surface area is 386 Å². The van der Waals surface area contributed by atoms with Crippen molar-refractivity contribution in [2.24, 2.45) is 0 Å². The van der Waals surface area contributed by atoms with Gasteiger partial charge in [0.05, 0.1) is 16.8 Å². The molecule has 0 bridgehead atoms. The van der Waals surface area contributed by atoms with Crippen LogP contribution in [0.2, 0.25) is 0 Å². The molecule has 0 unspecified atom stereocenters. The largest absolute Gasteiger partial charge is 0.344 e. The van der Waals surface area contributed by atoms with Gasteiger partial charge in [0.1, 0.15) is 0 Å². The highest BCUT2D eigenvalue weighted by Gasteiger charge is 2.46. The normalized spacial score (nSPS) is 12.4. The minimum Gasteiger partial charge on any atom is -0.344 e. The van der Waals surface area contributed by atoms with Gasteiger partial charge in [-0.3, -0.25) is 0 Å². The van der Waals surface area contributed by atoms with Crippen LogP contribution in [0, 0.1) is 0 Å². The van der Waals surface area contributed by atoms with Gasteiger partial charge in [-0.1, -0.05) is 218 Å². The van der Waals surface area contributed by atoms with Crippen LogP contribution in [0.5, 0.6) is 0 Å². The summed E-state index contributed by atoms with van der Waals surface area (Å²) in [5.41, 5.74) is 17.6. The van der Waals surface area contributed by atoms with E-state index in [0.717, 1.165) is 45.1 Å². The molecule has 0 radical (unpaired) electrons. The zero-order valence-corrected chi connectivity index (χ0v) is 36.7. The predicted molar refractivity (Wildman–Crippen MR) is 279 cm³/mol. The molecule has 12 rings (SSSR count). The molecular formula is C64H46N2. The minimum atomic E-state index is -0.425. The summed E-state index contributed by atoms with van der Waals surface area (Å²) in [7, 11) is 2.20. The Morgan fingerprint density at radius 1 is 0.303 bits per heavy atom. The molecule has 2 nitrogen and oxygen atoms in total.